The maximum absolute atomic E-state index is 12.8. The molecule has 2 rings (SSSR count). The topological polar surface area (TPSA) is 24.9 Å². The van der Waals surface area contributed by atoms with Crippen molar-refractivity contribution in [2.75, 3.05) is 5.32 Å². The predicted molar refractivity (Wildman–Crippen MR) is 54.7 cm³/mol. The van der Waals surface area contributed by atoms with Gasteiger partial charge in [0.15, 0.2) is 0 Å². The smallest absolute Gasteiger partial charge is 0.214 e. The fraction of sp³-hybridized carbons (Fsp3) is 0.545. The maximum Gasteiger partial charge on any atom is 0.214 e. The van der Waals surface area contributed by atoms with Gasteiger partial charge in [-0.15, -0.1) is 0 Å². The summed E-state index contributed by atoms with van der Waals surface area (Å²) in [6.45, 7) is 0. The third kappa shape index (κ3) is 2.44. The lowest BCUT2D eigenvalue weighted by Crippen LogP contribution is -2.22. The van der Waals surface area contributed by atoms with Crippen LogP contribution >= 0.6 is 0 Å². The summed E-state index contributed by atoms with van der Waals surface area (Å²) in [5.74, 6) is -0.411. The van der Waals surface area contributed by atoms with E-state index >= 15 is 0 Å². The number of nitrogens with one attached hydrogen (secondary N) is 1. The van der Waals surface area contributed by atoms with Crippen molar-refractivity contribution in [1.29, 1.82) is 0 Å². The number of anilines is 1. The Morgan fingerprint density at radius 3 is 2.79 bits per heavy atom. The number of rotatable bonds is 2. The zero-order valence-electron chi connectivity index (χ0n) is 8.17. The molecule has 1 fully saturated rings. The van der Waals surface area contributed by atoms with Crippen LogP contribution in [0.2, 0.25) is 0 Å². The number of nitrogens with zero attached hydrogens (tertiary/aromatic N) is 1. The molecule has 0 atom stereocenters. The second kappa shape index (κ2) is 4.40. The maximum atomic E-state index is 12.8. The molecule has 1 saturated carbocycles. The molecule has 0 radical (unpaired) electrons. The van der Waals surface area contributed by atoms with Gasteiger partial charge < -0.3 is 5.32 Å². The third-order valence-electron chi connectivity index (χ3n) is 2.70. The quantitative estimate of drug-likeness (QED) is 0.732. The normalized spacial score (nSPS) is 18.1. The standard InChI is InChI=1S/C11H15FN2/c12-11-8-10(6-7-13-11)14-9-4-2-1-3-5-9/h6-9H,1-5H2,(H,13,14). The molecule has 1 aliphatic rings. The molecule has 0 spiro atoms. The largest absolute Gasteiger partial charge is 0.382 e. The zero-order chi connectivity index (χ0) is 9.80. The first-order valence-corrected chi connectivity index (χ1v) is 5.23. The number of halogens is 1. The van der Waals surface area contributed by atoms with Crippen LogP contribution in [0.3, 0.4) is 0 Å². The van der Waals surface area contributed by atoms with Crippen molar-refractivity contribution in [3.05, 3.63) is 24.3 Å². The third-order valence-corrected chi connectivity index (χ3v) is 2.70. The highest BCUT2D eigenvalue weighted by Gasteiger charge is 2.12. The molecule has 0 saturated heterocycles. The number of hydrogen-bond acceptors (Lipinski definition) is 2. The Labute approximate surface area is 83.6 Å². The predicted octanol–water partition coefficient (Wildman–Crippen LogP) is 2.97. The van der Waals surface area contributed by atoms with E-state index in [1.54, 1.807) is 0 Å². The van der Waals surface area contributed by atoms with Crippen LogP contribution in [0.4, 0.5) is 10.1 Å². The van der Waals surface area contributed by atoms with Crippen molar-refractivity contribution in [2.45, 2.75) is 38.1 Å². The van der Waals surface area contributed by atoms with Gasteiger partial charge in [-0.1, -0.05) is 19.3 Å². The van der Waals surface area contributed by atoms with Crippen molar-refractivity contribution in [2.24, 2.45) is 0 Å². The minimum Gasteiger partial charge on any atom is -0.382 e. The molecule has 2 nitrogen and oxygen atoms in total. The van der Waals surface area contributed by atoms with Crippen LogP contribution < -0.4 is 5.32 Å². The van der Waals surface area contributed by atoms with Crippen LogP contribution in [-0.4, -0.2) is 11.0 Å². The highest BCUT2D eigenvalue weighted by molar-refractivity contribution is 5.42. The highest BCUT2D eigenvalue weighted by Crippen LogP contribution is 2.21. The SMILES string of the molecule is Fc1cc(NC2CCCCC2)ccn1. The molecular weight excluding hydrogens is 179 g/mol. The Balaban J connectivity index is 1.95. The first-order valence-electron chi connectivity index (χ1n) is 5.23. The van der Waals surface area contributed by atoms with Crippen molar-refractivity contribution < 1.29 is 4.39 Å². The highest BCUT2D eigenvalue weighted by atomic mass is 19.1. The molecular formula is C11H15FN2. The van der Waals surface area contributed by atoms with E-state index in [-0.39, 0.29) is 0 Å². The Bertz CT molecular complexity index is 295. The summed E-state index contributed by atoms with van der Waals surface area (Å²) in [6.07, 6.45) is 7.80. The lowest BCUT2D eigenvalue weighted by molar-refractivity contribution is 0.462. The van der Waals surface area contributed by atoms with E-state index in [9.17, 15) is 4.39 Å². The molecule has 0 unspecified atom stereocenters. The Morgan fingerprint density at radius 2 is 2.07 bits per heavy atom. The van der Waals surface area contributed by atoms with E-state index in [1.807, 2.05) is 6.07 Å². The fourth-order valence-electron chi connectivity index (χ4n) is 1.97. The van der Waals surface area contributed by atoms with E-state index in [1.165, 1.54) is 44.4 Å². The number of aromatic nitrogens is 1. The van der Waals surface area contributed by atoms with Gasteiger partial charge in [0.1, 0.15) is 0 Å². The monoisotopic (exact) mass is 194 g/mol. The molecule has 3 heteroatoms. The summed E-state index contributed by atoms with van der Waals surface area (Å²) in [5.41, 5.74) is 0.851. The summed E-state index contributed by atoms with van der Waals surface area (Å²) in [6, 6.07) is 3.79. The first kappa shape index (κ1) is 9.44. The fourth-order valence-corrected chi connectivity index (χ4v) is 1.97. The van der Waals surface area contributed by atoms with Crippen molar-refractivity contribution in [3.63, 3.8) is 0 Å². The van der Waals surface area contributed by atoms with E-state index in [0.717, 1.165) is 5.69 Å². The molecule has 0 aromatic carbocycles. The van der Waals surface area contributed by atoms with Gasteiger partial charge in [-0.3, -0.25) is 0 Å². The molecule has 1 aliphatic carbocycles. The molecule has 1 heterocycles. The van der Waals surface area contributed by atoms with Gasteiger partial charge in [-0.05, 0) is 18.9 Å². The van der Waals surface area contributed by atoms with Gasteiger partial charge >= 0.3 is 0 Å². The minimum atomic E-state index is -0.411. The van der Waals surface area contributed by atoms with Crippen LogP contribution in [0.25, 0.3) is 0 Å². The molecule has 0 amide bonds. The summed E-state index contributed by atoms with van der Waals surface area (Å²) < 4.78 is 12.8. The van der Waals surface area contributed by atoms with Crippen molar-refractivity contribution >= 4 is 5.69 Å². The Kier molecular flexibility index (Phi) is 2.96. The molecule has 1 aromatic heterocycles. The van der Waals surface area contributed by atoms with Gasteiger partial charge in [0.2, 0.25) is 5.95 Å². The molecule has 0 bridgehead atoms. The molecule has 0 aliphatic heterocycles. The van der Waals surface area contributed by atoms with Crippen LogP contribution in [0.1, 0.15) is 32.1 Å². The average molecular weight is 194 g/mol. The molecule has 1 N–H and O–H groups in total. The van der Waals surface area contributed by atoms with Crippen molar-refractivity contribution in [3.8, 4) is 0 Å². The lowest BCUT2D eigenvalue weighted by atomic mass is 9.95. The minimum absolute atomic E-state index is 0.411. The van der Waals surface area contributed by atoms with Crippen LogP contribution in [0.15, 0.2) is 18.3 Å². The summed E-state index contributed by atoms with van der Waals surface area (Å²) in [7, 11) is 0. The number of hydrogen-bond donors (Lipinski definition) is 1. The second-order valence-electron chi connectivity index (χ2n) is 3.85. The van der Waals surface area contributed by atoms with Gasteiger partial charge in [0.05, 0.1) is 0 Å². The van der Waals surface area contributed by atoms with E-state index in [0.29, 0.717) is 6.04 Å². The summed E-state index contributed by atoms with van der Waals surface area (Å²) >= 11 is 0. The number of pyridine rings is 1. The van der Waals surface area contributed by atoms with Gasteiger partial charge in [-0.25, -0.2) is 4.98 Å². The van der Waals surface area contributed by atoms with Crippen LogP contribution in [0, 0.1) is 5.95 Å². The first-order chi connectivity index (χ1) is 6.84. The van der Waals surface area contributed by atoms with Gasteiger partial charge in [0, 0.05) is 24.0 Å². The summed E-state index contributed by atoms with van der Waals surface area (Å²) in [4.78, 5) is 3.53. The van der Waals surface area contributed by atoms with E-state index in [4.69, 9.17) is 0 Å². The van der Waals surface area contributed by atoms with E-state index < -0.39 is 5.95 Å². The van der Waals surface area contributed by atoms with Gasteiger partial charge in [0.25, 0.3) is 0 Å². The molecule has 1 aromatic rings. The van der Waals surface area contributed by atoms with Crippen LogP contribution in [-0.2, 0) is 0 Å². The Hall–Kier alpha value is -1.12. The molecule has 14 heavy (non-hydrogen) atoms. The molecule has 76 valence electrons. The second-order valence-corrected chi connectivity index (χ2v) is 3.85. The van der Waals surface area contributed by atoms with Crippen molar-refractivity contribution in [1.82, 2.24) is 4.98 Å². The van der Waals surface area contributed by atoms with Crippen LogP contribution in [0.5, 0.6) is 0 Å². The van der Waals surface area contributed by atoms with Gasteiger partial charge in [-0.2, -0.15) is 4.39 Å². The zero-order valence-corrected chi connectivity index (χ0v) is 8.17. The average Bonchev–Trinajstić information content (AvgIpc) is 2.19. The lowest BCUT2D eigenvalue weighted by Gasteiger charge is -2.23. The van der Waals surface area contributed by atoms with E-state index in [2.05, 4.69) is 10.3 Å². The Morgan fingerprint density at radius 1 is 1.29 bits per heavy atom. The summed E-state index contributed by atoms with van der Waals surface area (Å²) in [5, 5.41) is 3.34.